The number of hydrogen-bond acceptors (Lipinski definition) is 3. The maximum Gasteiger partial charge on any atom is 0.416 e. The summed E-state index contributed by atoms with van der Waals surface area (Å²) in [6, 6.07) is 3.46. The molecule has 0 saturated heterocycles. The Morgan fingerprint density at radius 2 is 1.86 bits per heavy atom. The third-order valence-electron chi connectivity index (χ3n) is 2.94. The molecule has 3 N–H and O–H groups in total. The van der Waals surface area contributed by atoms with Crippen molar-refractivity contribution >= 4 is 11.7 Å². The molecule has 1 atom stereocenters. The highest BCUT2D eigenvalue weighted by molar-refractivity contribution is 5.89. The molecule has 0 aliphatic heterocycles. The maximum atomic E-state index is 12.4. The fraction of sp³-hybridized carbons (Fsp3) is 0.500. The minimum atomic E-state index is -4.42. The second-order valence-corrected chi connectivity index (χ2v) is 5.12. The number of halogens is 3. The highest BCUT2D eigenvalue weighted by Crippen LogP contribution is 2.29. The van der Waals surface area contributed by atoms with Crippen LogP contribution >= 0.6 is 0 Å². The predicted octanol–water partition coefficient (Wildman–Crippen LogP) is 2.61. The Labute approximate surface area is 126 Å². The lowest BCUT2D eigenvalue weighted by atomic mass is 10.0. The number of alkyl halides is 3. The quantitative estimate of drug-likeness (QED) is 0.754. The zero-order chi connectivity index (χ0) is 16.8. The van der Waals surface area contributed by atoms with Gasteiger partial charge in [-0.1, -0.05) is 0 Å². The third kappa shape index (κ3) is 6.31. The Balaban J connectivity index is 2.48. The number of carbonyl (C=O) groups is 1. The zero-order valence-corrected chi connectivity index (χ0v) is 12.3. The summed E-state index contributed by atoms with van der Waals surface area (Å²) in [5.74, 6) is 0. The van der Waals surface area contributed by atoms with Gasteiger partial charge in [0.1, 0.15) is 0 Å². The van der Waals surface area contributed by atoms with Gasteiger partial charge in [0, 0.05) is 32.4 Å². The highest BCUT2D eigenvalue weighted by atomic mass is 19.4. The number of aliphatic hydroxyl groups is 1. The lowest BCUT2D eigenvalue weighted by molar-refractivity contribution is -0.137. The molecule has 0 radical (unpaired) electrons. The highest BCUT2D eigenvalue weighted by Gasteiger charge is 2.30. The number of urea groups is 1. The summed E-state index contributed by atoms with van der Waals surface area (Å²) < 4.78 is 42.0. The summed E-state index contributed by atoms with van der Waals surface area (Å²) >= 11 is 0. The van der Waals surface area contributed by atoms with E-state index in [4.69, 9.17) is 4.74 Å². The Kier molecular flexibility index (Phi) is 6.19. The van der Waals surface area contributed by atoms with Crippen LogP contribution in [0.3, 0.4) is 0 Å². The van der Waals surface area contributed by atoms with E-state index >= 15 is 0 Å². The second-order valence-electron chi connectivity index (χ2n) is 5.12. The van der Waals surface area contributed by atoms with Gasteiger partial charge >= 0.3 is 12.2 Å². The SMILES string of the molecule is COCC[C@@](C)(O)CNC(=O)Nc1ccc(C(F)(F)F)cc1. The van der Waals surface area contributed by atoms with Crippen molar-refractivity contribution in [3.8, 4) is 0 Å². The first-order valence-electron chi connectivity index (χ1n) is 6.57. The minimum absolute atomic E-state index is 0.0111. The normalized spacial score (nSPS) is 14.3. The van der Waals surface area contributed by atoms with E-state index in [9.17, 15) is 23.1 Å². The van der Waals surface area contributed by atoms with Crippen molar-refractivity contribution in [2.45, 2.75) is 25.1 Å². The Morgan fingerprint density at radius 1 is 1.27 bits per heavy atom. The first-order chi connectivity index (χ1) is 10.1. The summed E-state index contributed by atoms with van der Waals surface area (Å²) in [6.45, 7) is 1.88. The Hall–Kier alpha value is -1.80. The van der Waals surface area contributed by atoms with E-state index in [1.807, 2.05) is 0 Å². The molecule has 1 aromatic rings. The van der Waals surface area contributed by atoms with Gasteiger partial charge in [0.25, 0.3) is 0 Å². The van der Waals surface area contributed by atoms with Crippen molar-refractivity contribution in [2.24, 2.45) is 0 Å². The molecule has 8 heteroatoms. The molecule has 0 unspecified atom stereocenters. The second kappa shape index (κ2) is 7.46. The van der Waals surface area contributed by atoms with Crippen molar-refractivity contribution in [1.29, 1.82) is 0 Å². The molecule has 0 saturated carbocycles. The van der Waals surface area contributed by atoms with Gasteiger partial charge in [-0.25, -0.2) is 4.79 Å². The van der Waals surface area contributed by atoms with E-state index in [1.165, 1.54) is 7.11 Å². The Morgan fingerprint density at radius 3 is 2.36 bits per heavy atom. The van der Waals surface area contributed by atoms with Gasteiger partial charge in [-0.3, -0.25) is 0 Å². The van der Waals surface area contributed by atoms with Crippen LogP contribution in [0.4, 0.5) is 23.7 Å². The van der Waals surface area contributed by atoms with E-state index in [-0.39, 0.29) is 12.2 Å². The molecule has 22 heavy (non-hydrogen) atoms. The number of ether oxygens (including phenoxy) is 1. The van der Waals surface area contributed by atoms with Crippen LogP contribution < -0.4 is 10.6 Å². The van der Waals surface area contributed by atoms with Crippen molar-refractivity contribution < 1.29 is 27.8 Å². The van der Waals surface area contributed by atoms with Gasteiger partial charge < -0.3 is 20.5 Å². The average molecular weight is 320 g/mol. The molecule has 0 fully saturated rings. The van der Waals surface area contributed by atoms with Gasteiger partial charge in [0.05, 0.1) is 11.2 Å². The molecule has 0 aromatic heterocycles. The van der Waals surface area contributed by atoms with Crippen LogP contribution in [0.5, 0.6) is 0 Å². The van der Waals surface area contributed by atoms with Gasteiger partial charge in [-0.05, 0) is 31.2 Å². The molecular weight excluding hydrogens is 301 g/mol. The first kappa shape index (κ1) is 18.2. The lowest BCUT2D eigenvalue weighted by Crippen LogP contribution is -2.42. The van der Waals surface area contributed by atoms with E-state index in [1.54, 1.807) is 6.92 Å². The summed E-state index contributed by atoms with van der Waals surface area (Å²) in [5.41, 5.74) is -1.70. The van der Waals surface area contributed by atoms with E-state index in [0.29, 0.717) is 13.0 Å². The number of hydrogen-bond donors (Lipinski definition) is 3. The van der Waals surface area contributed by atoms with Crippen molar-refractivity contribution in [1.82, 2.24) is 5.32 Å². The van der Waals surface area contributed by atoms with Crippen LogP contribution in [-0.2, 0) is 10.9 Å². The van der Waals surface area contributed by atoms with Gasteiger partial charge in [0.2, 0.25) is 0 Å². The molecule has 0 spiro atoms. The van der Waals surface area contributed by atoms with Crippen molar-refractivity contribution in [3.05, 3.63) is 29.8 Å². The van der Waals surface area contributed by atoms with Crippen LogP contribution in [0, 0.1) is 0 Å². The summed E-state index contributed by atoms with van der Waals surface area (Å²) in [5, 5.41) is 14.8. The summed E-state index contributed by atoms with van der Waals surface area (Å²) in [7, 11) is 1.50. The lowest BCUT2D eigenvalue weighted by Gasteiger charge is -2.23. The number of amides is 2. The number of anilines is 1. The van der Waals surface area contributed by atoms with Gasteiger partial charge in [0.15, 0.2) is 0 Å². The van der Waals surface area contributed by atoms with E-state index in [2.05, 4.69) is 10.6 Å². The largest absolute Gasteiger partial charge is 0.416 e. The Bertz CT molecular complexity index is 487. The fourth-order valence-corrected chi connectivity index (χ4v) is 1.60. The fourth-order valence-electron chi connectivity index (χ4n) is 1.60. The predicted molar refractivity (Wildman–Crippen MR) is 75.6 cm³/mol. The number of nitrogens with one attached hydrogen (secondary N) is 2. The molecular formula is C14H19F3N2O3. The van der Waals surface area contributed by atoms with E-state index < -0.39 is 23.4 Å². The number of methoxy groups -OCH3 is 1. The average Bonchev–Trinajstić information content (AvgIpc) is 2.43. The molecule has 1 aromatic carbocycles. The van der Waals surface area contributed by atoms with Crippen molar-refractivity contribution in [3.63, 3.8) is 0 Å². The van der Waals surface area contributed by atoms with Crippen LogP contribution in [0.2, 0.25) is 0 Å². The molecule has 0 aliphatic carbocycles. The van der Waals surface area contributed by atoms with Gasteiger partial charge in [-0.15, -0.1) is 0 Å². The van der Waals surface area contributed by atoms with Crippen LogP contribution in [0.25, 0.3) is 0 Å². The number of rotatable bonds is 6. The standard InChI is InChI=1S/C14H19F3N2O3/c1-13(21,7-8-22-2)9-18-12(20)19-11-5-3-10(4-6-11)14(15,16)17/h3-6,21H,7-9H2,1-2H3,(H2,18,19,20)/t13-/m1/s1. The molecule has 5 nitrogen and oxygen atoms in total. The topological polar surface area (TPSA) is 70.6 Å². The molecule has 0 heterocycles. The molecule has 1 rings (SSSR count). The smallest absolute Gasteiger partial charge is 0.388 e. The zero-order valence-electron chi connectivity index (χ0n) is 12.3. The monoisotopic (exact) mass is 320 g/mol. The molecule has 124 valence electrons. The summed E-state index contributed by atoms with van der Waals surface area (Å²) in [4.78, 5) is 11.6. The minimum Gasteiger partial charge on any atom is -0.388 e. The first-order valence-corrected chi connectivity index (χ1v) is 6.57. The van der Waals surface area contributed by atoms with Crippen LogP contribution in [-0.4, -0.2) is 37.0 Å². The van der Waals surface area contributed by atoms with E-state index in [0.717, 1.165) is 24.3 Å². The van der Waals surface area contributed by atoms with Crippen LogP contribution in [0.1, 0.15) is 18.9 Å². The molecule has 0 bridgehead atoms. The third-order valence-corrected chi connectivity index (χ3v) is 2.94. The number of benzene rings is 1. The molecule has 0 aliphatic rings. The van der Waals surface area contributed by atoms with Gasteiger partial charge in [-0.2, -0.15) is 13.2 Å². The van der Waals surface area contributed by atoms with Crippen LogP contribution in [0.15, 0.2) is 24.3 Å². The maximum absolute atomic E-state index is 12.4. The van der Waals surface area contributed by atoms with Crippen molar-refractivity contribution in [2.75, 3.05) is 25.6 Å². The number of carbonyl (C=O) groups excluding carboxylic acids is 1. The summed E-state index contributed by atoms with van der Waals surface area (Å²) in [6.07, 6.45) is -4.08. The molecule has 2 amide bonds.